The van der Waals surface area contributed by atoms with Crippen LogP contribution in [0.2, 0.25) is 0 Å². The van der Waals surface area contributed by atoms with Crippen LogP contribution in [0.3, 0.4) is 0 Å². The van der Waals surface area contributed by atoms with Gasteiger partial charge in [-0.3, -0.25) is 9.69 Å². The fraction of sp³-hybridized carbons (Fsp3) is 0.812. The highest BCUT2D eigenvalue weighted by molar-refractivity contribution is 5.80. The molecule has 4 heterocycles. The number of hydrogen-bond donors (Lipinski definition) is 3. The minimum Gasteiger partial charge on any atom is -0.477 e. The van der Waals surface area contributed by atoms with Crippen LogP contribution >= 0.6 is 0 Å². The van der Waals surface area contributed by atoms with E-state index >= 15 is 0 Å². The van der Waals surface area contributed by atoms with E-state index in [1.165, 1.54) is 12.8 Å². The van der Waals surface area contributed by atoms with Gasteiger partial charge in [0.05, 0.1) is 30.0 Å². The Morgan fingerprint density at radius 3 is 2.50 bits per heavy atom. The Labute approximate surface area is 239 Å². The lowest BCUT2D eigenvalue weighted by atomic mass is 9.52. The number of piperidine rings is 1. The number of piperazine rings is 1. The number of aliphatic hydroxyl groups is 1. The quantitative estimate of drug-likeness (QED) is 0.500. The molecule has 8 nitrogen and oxygen atoms in total. The molecule has 3 saturated heterocycles. The summed E-state index contributed by atoms with van der Waals surface area (Å²) in [5, 5.41) is 18.3. The van der Waals surface area contributed by atoms with Crippen LogP contribution in [-0.2, 0) is 4.79 Å². The SMILES string of the molecule is CC(C)(C)N1CCN(c2ccc(OCC3CC4CCC(N4)C3C(=O)NC3[C@@H]4CC5C[C@H]3CC(O)(C5)C4)nc2)CC1. The van der Waals surface area contributed by atoms with Crippen molar-refractivity contribution in [1.82, 2.24) is 20.5 Å². The maximum absolute atomic E-state index is 13.9. The molecular formula is C32H49N5O3. The van der Waals surface area contributed by atoms with E-state index in [4.69, 9.17) is 4.74 Å². The first-order chi connectivity index (χ1) is 19.1. The monoisotopic (exact) mass is 551 g/mol. The molecule has 4 aliphatic carbocycles. The Hall–Kier alpha value is -1.90. The van der Waals surface area contributed by atoms with Gasteiger partial charge in [0.25, 0.3) is 0 Å². The van der Waals surface area contributed by atoms with E-state index in [1.54, 1.807) is 0 Å². The first-order valence-electron chi connectivity index (χ1n) is 16.0. The highest BCUT2D eigenvalue weighted by Gasteiger charge is 2.56. The maximum Gasteiger partial charge on any atom is 0.225 e. The van der Waals surface area contributed by atoms with Crippen molar-refractivity contribution in [2.24, 2.45) is 29.6 Å². The number of ether oxygens (including phenoxy) is 1. The van der Waals surface area contributed by atoms with E-state index in [0.29, 0.717) is 36.3 Å². The number of carbonyl (C=O) groups excluding carboxylic acids is 1. The molecule has 0 aromatic carbocycles. The van der Waals surface area contributed by atoms with E-state index in [0.717, 1.165) is 70.4 Å². The molecule has 1 aromatic heterocycles. The van der Waals surface area contributed by atoms with Crippen molar-refractivity contribution in [1.29, 1.82) is 0 Å². The molecule has 7 aliphatic rings. The molecule has 7 unspecified atom stereocenters. The topological polar surface area (TPSA) is 90.0 Å². The molecule has 8 rings (SSSR count). The molecule has 3 N–H and O–H groups in total. The molecule has 220 valence electrons. The Bertz CT molecular complexity index is 1070. The summed E-state index contributed by atoms with van der Waals surface area (Å²) in [6, 6.07) is 5.07. The number of pyridine rings is 1. The van der Waals surface area contributed by atoms with Crippen LogP contribution in [0.1, 0.15) is 72.1 Å². The largest absolute Gasteiger partial charge is 0.477 e. The van der Waals surface area contributed by atoms with Crippen LogP contribution < -0.4 is 20.3 Å². The van der Waals surface area contributed by atoms with Crippen molar-refractivity contribution in [3.8, 4) is 5.88 Å². The molecule has 4 saturated carbocycles. The predicted octanol–water partition coefficient (Wildman–Crippen LogP) is 3.19. The lowest BCUT2D eigenvalue weighted by Gasteiger charge is -2.58. The number of nitrogens with one attached hydrogen (secondary N) is 2. The number of aromatic nitrogens is 1. The molecule has 9 atom stereocenters. The average Bonchev–Trinajstić information content (AvgIpc) is 3.29. The van der Waals surface area contributed by atoms with Gasteiger partial charge < -0.3 is 25.4 Å². The van der Waals surface area contributed by atoms with Gasteiger partial charge in [0.15, 0.2) is 0 Å². The van der Waals surface area contributed by atoms with Crippen LogP contribution in [-0.4, -0.2) is 82.9 Å². The van der Waals surface area contributed by atoms with Gasteiger partial charge in [-0.2, -0.15) is 0 Å². The zero-order valence-electron chi connectivity index (χ0n) is 24.6. The van der Waals surface area contributed by atoms with Gasteiger partial charge in [0, 0.05) is 61.8 Å². The average molecular weight is 552 g/mol. The standard InChI is InChI=1S/C32H49N5O3/c1-31(2,3)37-10-8-36(9-11-37)25-5-7-27(33-18-25)40-19-23-14-24-4-6-26(34-24)28(23)30(38)35-29-21-12-20-13-22(29)17-32(39,15-20)16-21/h5,7,18,20-24,26,28-29,34,39H,4,6,8-17,19H2,1-3H3,(H,35,38)/t20?,21-,22+,23?,24?,26?,28?,29?,32?. The molecule has 40 heavy (non-hydrogen) atoms. The van der Waals surface area contributed by atoms with Crippen molar-refractivity contribution < 1.29 is 14.6 Å². The maximum atomic E-state index is 13.9. The third-order valence-electron chi connectivity index (χ3n) is 11.4. The zero-order valence-corrected chi connectivity index (χ0v) is 24.6. The fourth-order valence-electron chi connectivity index (χ4n) is 9.68. The van der Waals surface area contributed by atoms with E-state index in [2.05, 4.69) is 52.3 Å². The summed E-state index contributed by atoms with van der Waals surface area (Å²) in [6.45, 7) is 11.5. The summed E-state index contributed by atoms with van der Waals surface area (Å²) in [7, 11) is 0. The summed E-state index contributed by atoms with van der Waals surface area (Å²) < 4.78 is 6.27. The van der Waals surface area contributed by atoms with Gasteiger partial charge in [-0.1, -0.05) is 0 Å². The Balaban J connectivity index is 0.971. The number of nitrogens with zero attached hydrogens (tertiary/aromatic N) is 3. The van der Waals surface area contributed by atoms with Crippen LogP contribution in [0.5, 0.6) is 5.88 Å². The molecule has 1 aromatic rings. The van der Waals surface area contributed by atoms with Crippen LogP contribution in [0.15, 0.2) is 18.3 Å². The Morgan fingerprint density at radius 1 is 1.10 bits per heavy atom. The first-order valence-corrected chi connectivity index (χ1v) is 16.0. The zero-order chi connectivity index (χ0) is 27.6. The lowest BCUT2D eigenvalue weighted by Crippen LogP contribution is -2.63. The Morgan fingerprint density at radius 2 is 1.85 bits per heavy atom. The number of fused-ring (bicyclic) bond motifs is 2. The molecule has 1 amide bonds. The smallest absolute Gasteiger partial charge is 0.225 e. The third-order valence-corrected chi connectivity index (χ3v) is 11.4. The summed E-state index contributed by atoms with van der Waals surface area (Å²) in [6.07, 6.45) is 10.1. The van der Waals surface area contributed by atoms with E-state index < -0.39 is 5.60 Å². The van der Waals surface area contributed by atoms with Crippen molar-refractivity contribution >= 4 is 11.6 Å². The lowest BCUT2D eigenvalue weighted by molar-refractivity contribution is -0.150. The van der Waals surface area contributed by atoms with Crippen LogP contribution in [0.4, 0.5) is 5.69 Å². The number of amides is 1. The van der Waals surface area contributed by atoms with Crippen molar-refractivity contribution in [2.45, 2.75) is 101 Å². The second kappa shape index (κ2) is 10.1. The van der Waals surface area contributed by atoms with Gasteiger partial charge in [0.1, 0.15) is 0 Å². The number of carbonyl (C=O) groups is 1. The molecule has 7 fully saturated rings. The van der Waals surface area contributed by atoms with E-state index in [9.17, 15) is 9.90 Å². The second-order valence-electron chi connectivity index (χ2n) is 15.1. The first kappa shape index (κ1) is 27.0. The van der Waals surface area contributed by atoms with Crippen molar-refractivity contribution in [3.05, 3.63) is 18.3 Å². The predicted molar refractivity (Wildman–Crippen MR) is 155 cm³/mol. The van der Waals surface area contributed by atoms with Crippen molar-refractivity contribution in [3.63, 3.8) is 0 Å². The molecule has 8 heteroatoms. The Kier molecular flexibility index (Phi) is 6.83. The molecule has 3 aliphatic heterocycles. The third kappa shape index (κ3) is 5.13. The normalized spacial score (nSPS) is 40.9. The summed E-state index contributed by atoms with van der Waals surface area (Å²) >= 11 is 0. The summed E-state index contributed by atoms with van der Waals surface area (Å²) in [4.78, 5) is 23.5. The number of anilines is 1. The van der Waals surface area contributed by atoms with Gasteiger partial charge >= 0.3 is 0 Å². The molecule has 6 bridgehead atoms. The molecule has 0 radical (unpaired) electrons. The number of rotatable bonds is 6. The highest BCUT2D eigenvalue weighted by atomic mass is 16.5. The fourth-order valence-corrected chi connectivity index (χ4v) is 9.68. The van der Waals surface area contributed by atoms with E-state index in [-0.39, 0.29) is 35.4 Å². The number of hydrogen-bond acceptors (Lipinski definition) is 7. The van der Waals surface area contributed by atoms with E-state index in [1.807, 2.05) is 12.3 Å². The van der Waals surface area contributed by atoms with Crippen LogP contribution in [0, 0.1) is 29.6 Å². The van der Waals surface area contributed by atoms with Crippen molar-refractivity contribution in [2.75, 3.05) is 37.7 Å². The van der Waals surface area contributed by atoms with Gasteiger partial charge in [-0.15, -0.1) is 0 Å². The van der Waals surface area contributed by atoms with Gasteiger partial charge in [0.2, 0.25) is 11.8 Å². The summed E-state index contributed by atoms with van der Waals surface area (Å²) in [5.41, 5.74) is 0.893. The van der Waals surface area contributed by atoms with Gasteiger partial charge in [-0.05, 0) is 96.0 Å². The minimum absolute atomic E-state index is 0.0718. The molecule has 0 spiro atoms. The summed E-state index contributed by atoms with van der Waals surface area (Å²) in [5.74, 6) is 2.48. The second-order valence-corrected chi connectivity index (χ2v) is 15.1. The highest BCUT2D eigenvalue weighted by Crippen LogP contribution is 2.55. The van der Waals surface area contributed by atoms with Gasteiger partial charge in [-0.25, -0.2) is 4.98 Å². The molecular weight excluding hydrogens is 502 g/mol. The van der Waals surface area contributed by atoms with Crippen LogP contribution in [0.25, 0.3) is 0 Å². The minimum atomic E-state index is -0.470.